The average molecular weight is 282 g/mol. The SMILES string of the molecule is O=C(NCCC1CCCC1)Nc1sccc1C(=O)O. The fraction of sp³-hybridized carbons (Fsp3) is 0.538. The molecule has 0 saturated heterocycles. The predicted molar refractivity (Wildman–Crippen MR) is 74.9 cm³/mol. The monoisotopic (exact) mass is 282 g/mol. The number of amides is 2. The highest BCUT2D eigenvalue weighted by Gasteiger charge is 2.16. The van der Waals surface area contributed by atoms with Crippen LogP contribution < -0.4 is 10.6 Å². The third-order valence-corrected chi connectivity index (χ3v) is 4.27. The van der Waals surface area contributed by atoms with Crippen molar-refractivity contribution < 1.29 is 14.7 Å². The van der Waals surface area contributed by atoms with E-state index in [0.29, 0.717) is 11.5 Å². The second-order valence-electron chi connectivity index (χ2n) is 4.79. The number of urea groups is 1. The fourth-order valence-electron chi connectivity index (χ4n) is 2.41. The van der Waals surface area contributed by atoms with Crippen molar-refractivity contribution in [3.05, 3.63) is 17.0 Å². The fourth-order valence-corrected chi connectivity index (χ4v) is 3.18. The molecule has 0 aliphatic heterocycles. The van der Waals surface area contributed by atoms with Gasteiger partial charge in [0.15, 0.2) is 0 Å². The van der Waals surface area contributed by atoms with Gasteiger partial charge >= 0.3 is 12.0 Å². The van der Waals surface area contributed by atoms with Crippen LogP contribution in [0.3, 0.4) is 0 Å². The number of hydrogen-bond acceptors (Lipinski definition) is 3. The Morgan fingerprint density at radius 2 is 2.11 bits per heavy atom. The second-order valence-corrected chi connectivity index (χ2v) is 5.70. The summed E-state index contributed by atoms with van der Waals surface area (Å²) < 4.78 is 0. The molecule has 5 nitrogen and oxygen atoms in total. The molecule has 3 N–H and O–H groups in total. The summed E-state index contributed by atoms with van der Waals surface area (Å²) >= 11 is 1.21. The second kappa shape index (κ2) is 6.56. The van der Waals surface area contributed by atoms with Gasteiger partial charge in [0.1, 0.15) is 5.00 Å². The largest absolute Gasteiger partial charge is 0.478 e. The van der Waals surface area contributed by atoms with Gasteiger partial charge in [0.05, 0.1) is 5.56 Å². The summed E-state index contributed by atoms with van der Waals surface area (Å²) in [5, 5.41) is 16.3. The van der Waals surface area contributed by atoms with Gasteiger partial charge in [0.2, 0.25) is 0 Å². The van der Waals surface area contributed by atoms with Crippen LogP contribution >= 0.6 is 11.3 Å². The zero-order chi connectivity index (χ0) is 13.7. The summed E-state index contributed by atoms with van der Waals surface area (Å²) in [5.74, 6) is -0.292. The standard InChI is InChI=1S/C13H18N2O3S/c16-12(17)10-6-8-19-11(10)15-13(18)14-7-5-9-3-1-2-4-9/h6,8-9H,1-5,7H2,(H,16,17)(H2,14,15,18). The molecule has 6 heteroatoms. The first-order chi connectivity index (χ1) is 9.16. The van der Waals surface area contributed by atoms with Crippen molar-refractivity contribution in [3.63, 3.8) is 0 Å². The van der Waals surface area contributed by atoms with Gasteiger partial charge in [-0.1, -0.05) is 25.7 Å². The Kier molecular flexibility index (Phi) is 4.79. The molecule has 0 radical (unpaired) electrons. The Hall–Kier alpha value is -1.56. The lowest BCUT2D eigenvalue weighted by atomic mass is 10.0. The summed E-state index contributed by atoms with van der Waals surface area (Å²) in [5.41, 5.74) is 0.135. The number of rotatable bonds is 5. The molecule has 1 aliphatic rings. The number of carbonyl (C=O) groups is 2. The molecule has 0 unspecified atom stereocenters. The highest BCUT2D eigenvalue weighted by molar-refractivity contribution is 7.14. The van der Waals surface area contributed by atoms with Crippen LogP contribution in [0.15, 0.2) is 11.4 Å². The van der Waals surface area contributed by atoms with Gasteiger partial charge in [-0.05, 0) is 23.8 Å². The van der Waals surface area contributed by atoms with Crippen LogP contribution in [0.25, 0.3) is 0 Å². The lowest BCUT2D eigenvalue weighted by Crippen LogP contribution is -2.30. The lowest BCUT2D eigenvalue weighted by Gasteiger charge is -2.10. The van der Waals surface area contributed by atoms with Crippen LogP contribution in [0.4, 0.5) is 9.80 Å². The quantitative estimate of drug-likeness (QED) is 0.776. The van der Waals surface area contributed by atoms with Crippen molar-refractivity contribution in [2.45, 2.75) is 32.1 Å². The first kappa shape index (κ1) is 13.9. The van der Waals surface area contributed by atoms with E-state index in [2.05, 4.69) is 10.6 Å². The Morgan fingerprint density at radius 3 is 2.79 bits per heavy atom. The molecule has 1 aromatic heterocycles. The molecule has 1 aliphatic carbocycles. The van der Waals surface area contributed by atoms with E-state index in [9.17, 15) is 9.59 Å². The Bertz CT molecular complexity index is 452. The summed E-state index contributed by atoms with van der Waals surface area (Å²) in [7, 11) is 0. The summed E-state index contributed by atoms with van der Waals surface area (Å²) in [6.45, 7) is 0.643. The highest BCUT2D eigenvalue weighted by atomic mass is 32.1. The van der Waals surface area contributed by atoms with E-state index >= 15 is 0 Å². The number of carboxylic acids is 1. The van der Waals surface area contributed by atoms with E-state index in [4.69, 9.17) is 5.11 Å². The van der Waals surface area contributed by atoms with E-state index < -0.39 is 5.97 Å². The number of carbonyl (C=O) groups excluding carboxylic acids is 1. The van der Waals surface area contributed by atoms with Gasteiger partial charge in [0, 0.05) is 6.54 Å². The van der Waals surface area contributed by atoms with Crippen LogP contribution in [0.5, 0.6) is 0 Å². The van der Waals surface area contributed by atoms with Gasteiger partial charge in [-0.2, -0.15) is 0 Å². The van der Waals surface area contributed by atoms with Crippen molar-refractivity contribution in [2.24, 2.45) is 5.92 Å². The minimum Gasteiger partial charge on any atom is -0.478 e. The van der Waals surface area contributed by atoms with Crippen molar-refractivity contribution in [1.29, 1.82) is 0 Å². The van der Waals surface area contributed by atoms with Crippen LogP contribution in [0.2, 0.25) is 0 Å². The topological polar surface area (TPSA) is 78.4 Å². The van der Waals surface area contributed by atoms with Crippen molar-refractivity contribution in [2.75, 3.05) is 11.9 Å². The van der Waals surface area contributed by atoms with E-state index in [1.54, 1.807) is 5.38 Å². The maximum absolute atomic E-state index is 11.7. The minimum atomic E-state index is -1.03. The summed E-state index contributed by atoms with van der Waals surface area (Å²) in [6, 6.07) is 1.16. The number of aromatic carboxylic acids is 1. The number of thiophene rings is 1. The normalized spacial score (nSPS) is 15.4. The van der Waals surface area contributed by atoms with Crippen molar-refractivity contribution >= 4 is 28.3 Å². The molecule has 0 bridgehead atoms. The Morgan fingerprint density at radius 1 is 1.37 bits per heavy atom. The zero-order valence-electron chi connectivity index (χ0n) is 10.6. The summed E-state index contributed by atoms with van der Waals surface area (Å²) in [4.78, 5) is 22.5. The summed E-state index contributed by atoms with van der Waals surface area (Å²) in [6.07, 6.45) is 6.13. The molecule has 19 heavy (non-hydrogen) atoms. The number of nitrogens with one attached hydrogen (secondary N) is 2. The van der Waals surface area contributed by atoms with Crippen molar-refractivity contribution in [3.8, 4) is 0 Å². The molecule has 0 spiro atoms. The molecule has 0 aromatic carbocycles. The van der Waals surface area contributed by atoms with Crippen LogP contribution in [0, 0.1) is 5.92 Å². The van der Waals surface area contributed by atoms with Crippen LogP contribution in [-0.2, 0) is 0 Å². The van der Waals surface area contributed by atoms with E-state index in [0.717, 1.165) is 12.3 Å². The van der Waals surface area contributed by atoms with E-state index in [1.807, 2.05) is 0 Å². The van der Waals surface area contributed by atoms with Gasteiger partial charge < -0.3 is 10.4 Å². The van der Waals surface area contributed by atoms with E-state index in [1.165, 1.54) is 43.1 Å². The average Bonchev–Trinajstić information content (AvgIpc) is 2.99. The first-order valence-electron chi connectivity index (χ1n) is 6.52. The third-order valence-electron chi connectivity index (χ3n) is 3.44. The Balaban J connectivity index is 1.74. The number of hydrogen-bond donors (Lipinski definition) is 3. The molecule has 0 atom stereocenters. The zero-order valence-corrected chi connectivity index (χ0v) is 11.5. The highest BCUT2D eigenvalue weighted by Crippen LogP contribution is 2.27. The lowest BCUT2D eigenvalue weighted by molar-refractivity contribution is 0.0698. The molecule has 2 amide bonds. The van der Waals surface area contributed by atoms with Crippen molar-refractivity contribution in [1.82, 2.24) is 5.32 Å². The van der Waals surface area contributed by atoms with Gasteiger partial charge in [-0.3, -0.25) is 5.32 Å². The Labute approximate surface area is 116 Å². The molecule has 1 heterocycles. The molecular weight excluding hydrogens is 264 g/mol. The predicted octanol–water partition coefficient (Wildman–Crippen LogP) is 3.15. The van der Waals surface area contributed by atoms with E-state index in [-0.39, 0.29) is 11.6 Å². The smallest absolute Gasteiger partial charge is 0.338 e. The maximum atomic E-state index is 11.7. The van der Waals surface area contributed by atoms with Crippen LogP contribution in [-0.4, -0.2) is 23.7 Å². The van der Waals surface area contributed by atoms with Crippen LogP contribution in [0.1, 0.15) is 42.5 Å². The number of anilines is 1. The molecule has 1 saturated carbocycles. The molecule has 1 aromatic rings. The first-order valence-corrected chi connectivity index (χ1v) is 7.40. The minimum absolute atomic E-state index is 0.135. The maximum Gasteiger partial charge on any atom is 0.338 e. The number of carboxylic acid groups (broad SMARTS) is 1. The van der Waals surface area contributed by atoms with Gasteiger partial charge in [0.25, 0.3) is 0 Å². The molecule has 1 fully saturated rings. The molecule has 2 rings (SSSR count). The van der Waals surface area contributed by atoms with Gasteiger partial charge in [-0.15, -0.1) is 11.3 Å². The third kappa shape index (κ3) is 3.96. The molecular formula is C13H18N2O3S. The van der Waals surface area contributed by atoms with Gasteiger partial charge in [-0.25, -0.2) is 9.59 Å². The molecule has 104 valence electrons.